The van der Waals surface area contributed by atoms with Crippen LogP contribution in [-0.2, 0) is 9.53 Å². The Morgan fingerprint density at radius 3 is 2.47 bits per heavy atom. The average Bonchev–Trinajstić information content (AvgIpc) is 3.01. The van der Waals surface area contributed by atoms with Crippen LogP contribution in [0.4, 0.5) is 0 Å². The quantitative estimate of drug-likeness (QED) is 0.496. The molecule has 0 radical (unpaired) electrons. The molecule has 4 fully saturated rings. The molecule has 3 heteroatoms. The summed E-state index contributed by atoms with van der Waals surface area (Å²) in [4.78, 5) is 14.5. The summed E-state index contributed by atoms with van der Waals surface area (Å²) in [6.45, 7) is 12.3. The van der Waals surface area contributed by atoms with Crippen LogP contribution < -0.4 is 0 Å². The minimum atomic E-state index is 0.0618. The maximum Gasteiger partial charge on any atom is 0.139 e. The molecule has 7 atom stereocenters. The average molecular weight is 420 g/mol. The predicted octanol–water partition coefficient (Wildman–Crippen LogP) is 6.21. The number of ketones is 1. The molecule has 4 unspecified atom stereocenters. The number of nitrogens with zero attached hydrogens (tertiary/aromatic N) is 1. The zero-order chi connectivity index (χ0) is 21.9. The summed E-state index contributed by atoms with van der Waals surface area (Å²) in [5, 5.41) is 0. The summed E-state index contributed by atoms with van der Waals surface area (Å²) < 4.78 is 5.25. The van der Waals surface area contributed by atoms with Gasteiger partial charge < -0.3 is 9.64 Å². The first kappa shape index (κ1) is 24.2. The molecule has 0 N–H and O–H groups in total. The first-order valence-corrected chi connectivity index (χ1v) is 13.0. The van der Waals surface area contributed by atoms with E-state index in [-0.39, 0.29) is 5.41 Å². The lowest BCUT2D eigenvalue weighted by atomic mass is 9.45. The lowest BCUT2D eigenvalue weighted by Crippen LogP contribution is -2.53. The van der Waals surface area contributed by atoms with Gasteiger partial charge in [-0.25, -0.2) is 0 Å². The molecule has 0 aromatic heterocycles. The normalized spacial score (nSPS) is 42.8. The summed E-state index contributed by atoms with van der Waals surface area (Å²) >= 11 is 0. The molecule has 3 nitrogen and oxygen atoms in total. The molecule has 0 heterocycles. The molecule has 30 heavy (non-hydrogen) atoms. The Balaban J connectivity index is 0.000000244. The molecular weight excluding hydrogens is 370 g/mol. The van der Waals surface area contributed by atoms with Crippen molar-refractivity contribution >= 4 is 5.78 Å². The Morgan fingerprint density at radius 2 is 1.77 bits per heavy atom. The number of rotatable bonds is 5. The van der Waals surface area contributed by atoms with Gasteiger partial charge in [0, 0.05) is 25.0 Å². The number of hydrogen-bond donors (Lipinski definition) is 0. The largest absolute Gasteiger partial charge is 0.380 e. The highest BCUT2D eigenvalue weighted by Gasteiger charge is 2.59. The fraction of sp³-hybridized carbons (Fsp3) is 0.963. The summed E-state index contributed by atoms with van der Waals surface area (Å²) in [6.07, 6.45) is 13.0. The lowest BCUT2D eigenvalue weighted by Gasteiger charge is -2.60. The molecule has 0 bridgehead atoms. The molecule has 0 amide bonds. The summed E-state index contributed by atoms with van der Waals surface area (Å²) in [6, 6.07) is 0. The van der Waals surface area contributed by atoms with Gasteiger partial charge in [0.05, 0.1) is 6.61 Å². The van der Waals surface area contributed by atoms with E-state index in [2.05, 4.69) is 46.7 Å². The van der Waals surface area contributed by atoms with Crippen LogP contribution in [0.15, 0.2) is 0 Å². The highest BCUT2D eigenvalue weighted by Crippen LogP contribution is 2.65. The monoisotopic (exact) mass is 419 g/mol. The highest BCUT2D eigenvalue weighted by atomic mass is 16.5. The highest BCUT2D eigenvalue weighted by molar-refractivity contribution is 5.87. The molecule has 174 valence electrons. The molecule has 4 aliphatic rings. The van der Waals surface area contributed by atoms with Crippen molar-refractivity contribution in [1.29, 1.82) is 0 Å². The molecule has 0 aromatic rings. The first-order chi connectivity index (χ1) is 14.2. The Kier molecular flexibility index (Phi) is 8.10. The second-order valence-electron chi connectivity index (χ2n) is 11.9. The zero-order valence-corrected chi connectivity index (χ0v) is 20.8. The zero-order valence-electron chi connectivity index (χ0n) is 20.8. The van der Waals surface area contributed by atoms with Crippen molar-refractivity contribution in [3.63, 3.8) is 0 Å². The van der Waals surface area contributed by atoms with Crippen molar-refractivity contribution in [2.75, 3.05) is 33.9 Å². The van der Waals surface area contributed by atoms with Gasteiger partial charge >= 0.3 is 0 Å². The van der Waals surface area contributed by atoms with E-state index in [4.69, 9.17) is 4.74 Å². The Morgan fingerprint density at radius 1 is 1.00 bits per heavy atom. The van der Waals surface area contributed by atoms with Gasteiger partial charge in [0.25, 0.3) is 0 Å². The van der Waals surface area contributed by atoms with Crippen LogP contribution >= 0.6 is 0 Å². The Labute approximate surface area is 186 Å². The summed E-state index contributed by atoms with van der Waals surface area (Å²) in [7, 11) is 4.10. The maximum absolute atomic E-state index is 12.4. The number of carbonyl (C=O) groups excluding carboxylic acids is 1. The minimum absolute atomic E-state index is 0.0618. The van der Waals surface area contributed by atoms with Crippen LogP contribution in [-0.4, -0.2) is 44.5 Å². The molecule has 4 rings (SSSR count). The van der Waals surface area contributed by atoms with Crippen molar-refractivity contribution < 1.29 is 9.53 Å². The van der Waals surface area contributed by atoms with Gasteiger partial charge in [0.1, 0.15) is 5.78 Å². The molecule has 0 aliphatic heterocycles. The van der Waals surface area contributed by atoms with Crippen molar-refractivity contribution in [2.24, 2.45) is 40.4 Å². The first-order valence-electron chi connectivity index (χ1n) is 13.0. The molecular formula is C27H49NO2. The van der Waals surface area contributed by atoms with Crippen LogP contribution in [0.2, 0.25) is 0 Å². The standard InChI is InChI=1S/C20H32O.C7H17NO/c1-13-8-10-19(2)14(12-13)4-5-15-16-6-7-18(21)20(16,3)11-9-17(15)19;1-4-6-9-7-5-8(2)3/h13-17H,4-12H2,1-3H3;4-7H2,1-3H3/t13-,14?,15?,16?,17?,19-,20-;/m0./s1. The van der Waals surface area contributed by atoms with Crippen LogP contribution in [0.1, 0.15) is 91.9 Å². The Hall–Kier alpha value is -0.410. The third-order valence-corrected chi connectivity index (χ3v) is 9.67. The number of carbonyl (C=O) groups is 1. The van der Waals surface area contributed by atoms with Gasteiger partial charge in [0.2, 0.25) is 0 Å². The van der Waals surface area contributed by atoms with Gasteiger partial charge in [0.15, 0.2) is 0 Å². The van der Waals surface area contributed by atoms with Crippen LogP contribution in [0.3, 0.4) is 0 Å². The smallest absolute Gasteiger partial charge is 0.139 e. The maximum atomic E-state index is 12.4. The number of hydrogen-bond acceptors (Lipinski definition) is 3. The van der Waals surface area contributed by atoms with Gasteiger partial charge in [-0.05, 0) is 100 Å². The molecule has 0 saturated heterocycles. The van der Waals surface area contributed by atoms with E-state index in [0.29, 0.717) is 11.2 Å². The third-order valence-electron chi connectivity index (χ3n) is 9.67. The van der Waals surface area contributed by atoms with E-state index in [1.54, 1.807) is 0 Å². The van der Waals surface area contributed by atoms with Gasteiger partial charge in [-0.1, -0.05) is 34.1 Å². The summed E-state index contributed by atoms with van der Waals surface area (Å²) in [5.74, 6) is 5.03. The topological polar surface area (TPSA) is 29.5 Å². The van der Waals surface area contributed by atoms with Crippen molar-refractivity contribution in [3.8, 4) is 0 Å². The van der Waals surface area contributed by atoms with Crippen molar-refractivity contribution in [1.82, 2.24) is 4.90 Å². The number of likely N-dealkylation sites (N-methyl/N-ethyl adjacent to an activating group) is 1. The third kappa shape index (κ3) is 4.82. The lowest BCUT2D eigenvalue weighted by molar-refractivity contribution is -0.139. The number of fused-ring (bicyclic) bond motifs is 5. The second-order valence-corrected chi connectivity index (χ2v) is 11.9. The van der Waals surface area contributed by atoms with E-state index in [0.717, 1.165) is 62.2 Å². The summed E-state index contributed by atoms with van der Waals surface area (Å²) in [5.41, 5.74) is 0.661. The number of Topliss-reactive ketones (excluding diaryl/α,β-unsaturated/α-hetero) is 1. The molecule has 0 aromatic carbocycles. The van der Waals surface area contributed by atoms with Crippen molar-refractivity contribution in [3.05, 3.63) is 0 Å². The van der Waals surface area contributed by atoms with Crippen LogP contribution in [0.25, 0.3) is 0 Å². The SMILES string of the molecule is CCCOCCN(C)C.C[C@H]1CC[C@@]2(C)C(CCC3C2CC[C@]2(C)C(=O)CCC32)C1. The van der Waals surface area contributed by atoms with E-state index >= 15 is 0 Å². The van der Waals surface area contributed by atoms with Crippen LogP contribution in [0, 0.1) is 40.4 Å². The molecule has 0 spiro atoms. The minimum Gasteiger partial charge on any atom is -0.380 e. The van der Waals surface area contributed by atoms with E-state index in [9.17, 15) is 4.79 Å². The van der Waals surface area contributed by atoms with Gasteiger partial charge in [-0.2, -0.15) is 0 Å². The fourth-order valence-corrected chi connectivity index (χ4v) is 7.74. The van der Waals surface area contributed by atoms with E-state index in [1.807, 2.05) is 0 Å². The second kappa shape index (κ2) is 10.0. The molecule has 4 aliphatic carbocycles. The predicted molar refractivity (Wildman–Crippen MR) is 126 cm³/mol. The Bertz CT molecular complexity index is 575. The van der Waals surface area contributed by atoms with Crippen molar-refractivity contribution in [2.45, 2.75) is 91.9 Å². The van der Waals surface area contributed by atoms with E-state index < -0.39 is 0 Å². The van der Waals surface area contributed by atoms with E-state index in [1.165, 1.54) is 51.4 Å². The van der Waals surface area contributed by atoms with Gasteiger partial charge in [-0.15, -0.1) is 0 Å². The molecule has 4 saturated carbocycles. The number of ether oxygens (including phenoxy) is 1. The fourth-order valence-electron chi connectivity index (χ4n) is 7.74. The van der Waals surface area contributed by atoms with Crippen LogP contribution in [0.5, 0.6) is 0 Å². The van der Waals surface area contributed by atoms with Gasteiger partial charge in [-0.3, -0.25) is 4.79 Å².